The van der Waals surface area contributed by atoms with Crippen LogP contribution >= 0.6 is 0 Å². The molecule has 1 aliphatic rings. The molecule has 0 saturated carbocycles. The van der Waals surface area contributed by atoms with Crippen molar-refractivity contribution >= 4 is 11.7 Å². The van der Waals surface area contributed by atoms with Crippen LogP contribution < -0.4 is 16.5 Å². The van der Waals surface area contributed by atoms with Gasteiger partial charge in [0.1, 0.15) is 36.8 Å². The van der Waals surface area contributed by atoms with Gasteiger partial charge in [-0.2, -0.15) is 10.9 Å². The Morgan fingerprint density at radius 2 is 2.43 bits per heavy atom. The minimum absolute atomic E-state index is 0.0739. The second-order valence-corrected chi connectivity index (χ2v) is 5.75. The molecule has 1 unspecified atom stereocenters. The molecule has 2 rings (SSSR count). The third-order valence-electron chi connectivity index (χ3n) is 3.69. The standard InChI is InChI=1S/C15H23N8O5/c1-12(8-21-10-20-13-14(16)18-9-19-15(13)21)27-11-23(26,17-2)28-7-5-3-4-6-22(24)25/h3-5,10,12,17,19H,7-9,11H2,1-2H3,(H2,16,18)/q-1/t12-,23?/m0/s1. The molecule has 1 aromatic rings. The van der Waals surface area contributed by atoms with Crippen molar-refractivity contribution < 1.29 is 19.4 Å². The Hall–Kier alpha value is -2.84. The molecule has 0 aliphatic carbocycles. The number of nitrogens with zero attached hydrogens (tertiary/aromatic N) is 5. The van der Waals surface area contributed by atoms with Gasteiger partial charge in [-0.15, -0.1) is 16.4 Å². The van der Waals surface area contributed by atoms with E-state index in [4.69, 9.17) is 15.3 Å². The summed E-state index contributed by atoms with van der Waals surface area (Å²) in [6.07, 6.45) is 7.06. The molecule has 13 nitrogen and oxygen atoms in total. The largest absolute Gasteiger partial charge is 0.576 e. The molecule has 2 heterocycles. The van der Waals surface area contributed by atoms with Gasteiger partial charge in [0.25, 0.3) is 0 Å². The van der Waals surface area contributed by atoms with E-state index in [0.29, 0.717) is 24.7 Å². The number of aliphatic imine (C=N–C) groups is 1. The number of fused-ring (bicyclic) bond motifs is 1. The van der Waals surface area contributed by atoms with Gasteiger partial charge in [0.2, 0.25) is 6.73 Å². The molecular formula is C15H23N8O5-. The fourth-order valence-corrected chi connectivity index (χ4v) is 2.28. The monoisotopic (exact) mass is 395 g/mol. The molecule has 0 saturated heterocycles. The predicted molar refractivity (Wildman–Crippen MR) is 99.4 cm³/mol. The number of hydrogen-bond donors (Lipinski definition) is 3. The molecule has 154 valence electrons. The fourth-order valence-electron chi connectivity index (χ4n) is 2.28. The van der Waals surface area contributed by atoms with Gasteiger partial charge >= 0.3 is 0 Å². The summed E-state index contributed by atoms with van der Waals surface area (Å²) in [6, 6.07) is 0. The Balaban J connectivity index is 1.82. The maximum atomic E-state index is 12.4. The summed E-state index contributed by atoms with van der Waals surface area (Å²) in [6.45, 7) is 2.24. The van der Waals surface area contributed by atoms with E-state index in [1.54, 1.807) is 6.33 Å². The molecule has 4 N–H and O–H groups in total. The first kappa shape index (κ1) is 21.5. The first-order valence-corrected chi connectivity index (χ1v) is 8.37. The average Bonchev–Trinajstić information content (AvgIpc) is 3.07. The molecule has 0 amide bonds. The number of anilines is 1. The first-order chi connectivity index (χ1) is 13.3. The van der Waals surface area contributed by atoms with Crippen molar-refractivity contribution in [2.45, 2.75) is 19.6 Å². The summed E-state index contributed by atoms with van der Waals surface area (Å²) in [5.41, 5.74) is 8.85. The van der Waals surface area contributed by atoms with Crippen LogP contribution in [0.1, 0.15) is 12.6 Å². The number of nitro groups is 1. The fraction of sp³-hybridized carbons (Fsp3) is 0.467. The van der Waals surface area contributed by atoms with Crippen LogP contribution in [0.25, 0.3) is 0 Å². The third-order valence-corrected chi connectivity index (χ3v) is 3.69. The van der Waals surface area contributed by atoms with Crippen molar-refractivity contribution in [3.05, 3.63) is 51.8 Å². The zero-order valence-corrected chi connectivity index (χ0v) is 15.6. The van der Waals surface area contributed by atoms with E-state index in [9.17, 15) is 15.3 Å². The number of allylic oxidation sites excluding steroid dienone is 2. The van der Waals surface area contributed by atoms with Crippen LogP contribution in [0.15, 0.2) is 29.5 Å². The number of hydrogen-bond acceptors (Lipinski definition) is 10. The summed E-state index contributed by atoms with van der Waals surface area (Å²) < 4.78 is 7.44. The normalized spacial score (nSPS) is 17.2. The minimum atomic E-state index is -1.25. The molecule has 28 heavy (non-hydrogen) atoms. The van der Waals surface area contributed by atoms with Crippen LogP contribution in [0.5, 0.6) is 0 Å². The number of nitrogens with one attached hydrogen (secondary N) is 2. The van der Waals surface area contributed by atoms with Gasteiger partial charge in [-0.05, 0) is 11.8 Å². The van der Waals surface area contributed by atoms with Crippen molar-refractivity contribution in [3.8, 4) is 0 Å². The number of aromatic nitrogens is 2. The van der Waals surface area contributed by atoms with E-state index >= 15 is 0 Å². The summed E-state index contributed by atoms with van der Waals surface area (Å²) >= 11 is 0. The lowest BCUT2D eigenvalue weighted by Crippen LogP contribution is -2.53. The SMILES string of the molecule is CN[N+]([O-])(CO[C@@H](C)Cn1cnc2c1NCN=C2N)OCC=CC=[C-][N+](=O)[O-]. The van der Waals surface area contributed by atoms with E-state index in [0.717, 1.165) is 11.9 Å². The van der Waals surface area contributed by atoms with Gasteiger partial charge in [0, 0.05) is 7.05 Å². The lowest BCUT2D eigenvalue weighted by atomic mass is 10.3. The number of imidazole rings is 1. The second-order valence-electron chi connectivity index (χ2n) is 5.75. The smallest absolute Gasteiger partial charge is 0.232 e. The van der Waals surface area contributed by atoms with Crippen molar-refractivity contribution in [1.82, 2.24) is 15.0 Å². The molecule has 0 spiro atoms. The molecular weight excluding hydrogens is 372 g/mol. The van der Waals surface area contributed by atoms with Gasteiger partial charge in [-0.25, -0.2) is 16.1 Å². The van der Waals surface area contributed by atoms with E-state index in [2.05, 4.69) is 20.7 Å². The zero-order chi connectivity index (χ0) is 20.6. The van der Waals surface area contributed by atoms with Gasteiger partial charge in [0.15, 0.2) is 0 Å². The van der Waals surface area contributed by atoms with E-state index in [-0.39, 0.29) is 19.4 Å². The number of hydroxylamine groups is 2. The molecule has 0 bridgehead atoms. The number of quaternary nitrogens is 1. The first-order valence-electron chi connectivity index (χ1n) is 8.37. The topological polar surface area (TPSA) is 165 Å². The summed E-state index contributed by atoms with van der Waals surface area (Å²) in [5.74, 6) is 1.12. The van der Waals surface area contributed by atoms with Crippen molar-refractivity contribution in [2.24, 2.45) is 10.7 Å². The Kier molecular flexibility index (Phi) is 7.60. The third kappa shape index (κ3) is 6.11. The Bertz CT molecular complexity index is 762. The maximum Gasteiger partial charge on any atom is 0.232 e. The zero-order valence-electron chi connectivity index (χ0n) is 15.6. The molecule has 1 aliphatic heterocycles. The molecule has 2 atom stereocenters. The number of amidine groups is 1. The molecule has 1 aromatic heterocycles. The quantitative estimate of drug-likeness (QED) is 0.0879. The number of nitrogens with two attached hydrogens (primary N) is 1. The van der Waals surface area contributed by atoms with Gasteiger partial charge in [-0.3, -0.25) is 10.1 Å². The average molecular weight is 395 g/mol. The Morgan fingerprint density at radius 1 is 1.64 bits per heavy atom. The second kappa shape index (κ2) is 9.91. The minimum Gasteiger partial charge on any atom is -0.576 e. The van der Waals surface area contributed by atoms with Gasteiger partial charge in [0.05, 0.1) is 19.0 Å². The molecule has 13 heteroatoms. The van der Waals surface area contributed by atoms with Crippen LogP contribution in [0.2, 0.25) is 0 Å². The molecule has 0 aromatic carbocycles. The maximum absolute atomic E-state index is 12.4. The predicted octanol–water partition coefficient (Wildman–Crippen LogP) is -0.136. The van der Waals surface area contributed by atoms with Gasteiger partial charge in [-0.1, -0.05) is 0 Å². The highest BCUT2D eigenvalue weighted by Gasteiger charge is 2.21. The van der Waals surface area contributed by atoms with Crippen LogP contribution in [0.4, 0.5) is 5.82 Å². The highest BCUT2D eigenvalue weighted by Crippen LogP contribution is 2.18. The Morgan fingerprint density at radius 3 is 3.14 bits per heavy atom. The molecule has 0 radical (unpaired) electrons. The van der Waals surface area contributed by atoms with Crippen molar-refractivity contribution in [1.29, 1.82) is 0 Å². The van der Waals surface area contributed by atoms with E-state index in [1.165, 1.54) is 19.2 Å². The summed E-state index contributed by atoms with van der Waals surface area (Å²) in [7, 11) is 1.43. The van der Waals surface area contributed by atoms with E-state index in [1.807, 2.05) is 17.7 Å². The van der Waals surface area contributed by atoms with Crippen molar-refractivity contribution in [3.63, 3.8) is 0 Å². The van der Waals surface area contributed by atoms with Crippen LogP contribution in [0.3, 0.4) is 0 Å². The highest BCUT2D eigenvalue weighted by atomic mass is 17.0. The lowest BCUT2D eigenvalue weighted by molar-refractivity contribution is -1.11. The molecule has 0 fully saturated rings. The number of ether oxygens (including phenoxy) is 1. The lowest BCUT2D eigenvalue weighted by Gasteiger charge is -2.36. The number of rotatable bonds is 11. The van der Waals surface area contributed by atoms with Crippen molar-refractivity contribution in [2.75, 3.05) is 32.4 Å². The van der Waals surface area contributed by atoms with Gasteiger partial charge < -0.3 is 25.6 Å². The summed E-state index contributed by atoms with van der Waals surface area (Å²) in [5, 5.41) is 25.6. The van der Waals surface area contributed by atoms with E-state index < -0.39 is 9.84 Å². The summed E-state index contributed by atoms with van der Waals surface area (Å²) in [4.78, 5) is 21.6. The highest BCUT2D eigenvalue weighted by molar-refractivity contribution is 6.01. The van der Waals surface area contributed by atoms with Crippen LogP contribution in [-0.2, 0) is 16.1 Å². The Labute approximate surface area is 161 Å². The van der Waals surface area contributed by atoms with Crippen LogP contribution in [0, 0.1) is 21.5 Å². The van der Waals surface area contributed by atoms with Crippen LogP contribution in [-0.4, -0.2) is 58.4 Å².